The number of rotatable bonds is 6. The van der Waals surface area contributed by atoms with E-state index in [-0.39, 0.29) is 28.7 Å². The van der Waals surface area contributed by atoms with E-state index >= 15 is 0 Å². The first kappa shape index (κ1) is 22.4. The predicted octanol–water partition coefficient (Wildman–Crippen LogP) is 1.59. The fraction of sp³-hybridized carbons (Fsp3) is 0.571. The van der Waals surface area contributed by atoms with Crippen LogP contribution in [0.1, 0.15) is 19.2 Å². The number of carbonyl (C=O) groups is 1. The molecule has 2 fully saturated rings. The Bertz CT molecular complexity index is 1060. The van der Waals surface area contributed by atoms with E-state index in [0.717, 1.165) is 34.8 Å². The minimum Gasteiger partial charge on any atom is -0.379 e. The summed E-state index contributed by atoms with van der Waals surface area (Å²) in [5, 5.41) is 1.31. The molecule has 2 atom stereocenters. The van der Waals surface area contributed by atoms with Gasteiger partial charge in [0, 0.05) is 31.6 Å². The summed E-state index contributed by atoms with van der Waals surface area (Å²) >= 11 is 1.41. The Kier molecular flexibility index (Phi) is 6.80. The Morgan fingerprint density at radius 2 is 2.03 bits per heavy atom. The van der Waals surface area contributed by atoms with Crippen LogP contribution in [0.4, 0.5) is 0 Å². The van der Waals surface area contributed by atoms with E-state index in [1.165, 1.54) is 11.8 Å². The molecule has 0 radical (unpaired) electrons. The minimum atomic E-state index is -3.04. The molecular weight excluding hydrogens is 436 g/mol. The summed E-state index contributed by atoms with van der Waals surface area (Å²) in [6.45, 7) is 5.62. The van der Waals surface area contributed by atoms with Crippen molar-refractivity contribution < 1.29 is 17.9 Å². The lowest BCUT2D eigenvalue weighted by Crippen LogP contribution is -2.41. The van der Waals surface area contributed by atoms with Gasteiger partial charge in [0.05, 0.1) is 42.0 Å². The average molecular weight is 465 g/mol. The zero-order valence-electron chi connectivity index (χ0n) is 17.9. The van der Waals surface area contributed by atoms with Gasteiger partial charge in [0.1, 0.15) is 10.9 Å². The smallest absolute Gasteiger partial charge is 0.235 e. The highest BCUT2D eigenvalue weighted by molar-refractivity contribution is 8.00. The quantitative estimate of drug-likeness (QED) is 0.470. The fourth-order valence-electron chi connectivity index (χ4n) is 3.98. The number of carbonyl (C=O) groups excluding carboxylic acids is 1. The number of ether oxygens (including phenoxy) is 1. The molecule has 31 heavy (non-hydrogen) atoms. The highest BCUT2D eigenvalue weighted by atomic mass is 32.2. The molecule has 0 N–H and O–H groups in total. The predicted molar refractivity (Wildman–Crippen MR) is 121 cm³/mol. The van der Waals surface area contributed by atoms with Crippen molar-refractivity contribution in [2.75, 3.05) is 44.9 Å². The molecule has 3 heterocycles. The van der Waals surface area contributed by atoms with Gasteiger partial charge in [-0.05, 0) is 19.4 Å². The number of hydrogen-bond donors (Lipinski definition) is 0. The van der Waals surface area contributed by atoms with E-state index in [1.807, 2.05) is 31.2 Å². The first-order valence-electron chi connectivity index (χ1n) is 10.5. The Labute approximate surface area is 187 Å². The van der Waals surface area contributed by atoms with Gasteiger partial charge in [0.2, 0.25) is 5.91 Å². The maximum absolute atomic E-state index is 13.0. The van der Waals surface area contributed by atoms with Gasteiger partial charge in [0.15, 0.2) is 9.84 Å². The van der Waals surface area contributed by atoms with Crippen molar-refractivity contribution in [3.8, 4) is 0 Å². The van der Waals surface area contributed by atoms with E-state index in [4.69, 9.17) is 14.7 Å². The number of nitrogens with zero attached hydrogens (tertiary/aromatic N) is 4. The van der Waals surface area contributed by atoms with Gasteiger partial charge >= 0.3 is 0 Å². The Hall–Kier alpha value is -1.75. The number of amides is 1. The second-order valence-electron chi connectivity index (χ2n) is 8.12. The van der Waals surface area contributed by atoms with Crippen molar-refractivity contribution in [2.45, 2.75) is 36.2 Å². The van der Waals surface area contributed by atoms with Crippen molar-refractivity contribution >= 4 is 38.4 Å². The van der Waals surface area contributed by atoms with Crippen molar-refractivity contribution in [3.63, 3.8) is 0 Å². The zero-order chi connectivity index (χ0) is 22.0. The molecule has 10 heteroatoms. The van der Waals surface area contributed by atoms with Gasteiger partial charge < -0.3 is 9.64 Å². The molecule has 0 saturated carbocycles. The summed E-state index contributed by atoms with van der Waals surface area (Å²) in [7, 11) is -1.34. The van der Waals surface area contributed by atoms with Crippen LogP contribution in [-0.2, 0) is 25.9 Å². The lowest BCUT2D eigenvalue weighted by atomic mass is 10.2. The molecule has 1 aromatic carbocycles. The molecule has 1 aromatic heterocycles. The van der Waals surface area contributed by atoms with Crippen molar-refractivity contribution in [1.82, 2.24) is 19.8 Å². The SMILES string of the molecule is CC(Sc1nc(CN2CCOCC2)nc2ccccc12)C(=O)N(C)C1CCS(=O)(=O)C1. The molecule has 168 valence electrons. The summed E-state index contributed by atoms with van der Waals surface area (Å²) in [6.07, 6.45) is 0.502. The van der Waals surface area contributed by atoms with Gasteiger partial charge in [-0.3, -0.25) is 9.69 Å². The van der Waals surface area contributed by atoms with E-state index < -0.39 is 9.84 Å². The standard InChI is InChI=1S/C21H28N4O4S2/c1-15(21(26)24(2)16-7-12-31(27,28)14-16)30-20-17-5-3-4-6-18(17)22-19(23-20)13-25-8-10-29-11-9-25/h3-6,15-16H,7-14H2,1-2H3. The minimum absolute atomic E-state index is 0.0484. The molecule has 0 spiro atoms. The topological polar surface area (TPSA) is 92.7 Å². The molecule has 2 aromatic rings. The summed E-state index contributed by atoms with van der Waals surface area (Å²) in [5.74, 6) is 0.855. The number of morpholine rings is 1. The van der Waals surface area contributed by atoms with Crippen LogP contribution < -0.4 is 0 Å². The van der Waals surface area contributed by atoms with Crippen LogP contribution in [0.2, 0.25) is 0 Å². The molecule has 1 amide bonds. The zero-order valence-corrected chi connectivity index (χ0v) is 19.5. The summed E-state index contributed by atoms with van der Waals surface area (Å²) in [6, 6.07) is 7.58. The number of hydrogen-bond acceptors (Lipinski definition) is 8. The maximum atomic E-state index is 13.0. The van der Waals surface area contributed by atoms with Crippen LogP contribution >= 0.6 is 11.8 Å². The maximum Gasteiger partial charge on any atom is 0.235 e. The molecule has 0 bridgehead atoms. The molecule has 2 saturated heterocycles. The van der Waals surface area contributed by atoms with Gasteiger partial charge in [0.25, 0.3) is 0 Å². The summed E-state index contributed by atoms with van der Waals surface area (Å²) in [4.78, 5) is 26.4. The molecule has 4 rings (SSSR count). The first-order chi connectivity index (χ1) is 14.8. The lowest BCUT2D eigenvalue weighted by Gasteiger charge is -2.27. The van der Waals surface area contributed by atoms with Gasteiger partial charge in [-0.2, -0.15) is 0 Å². The highest BCUT2D eigenvalue weighted by Gasteiger charge is 2.34. The normalized spacial score (nSPS) is 22.5. The monoisotopic (exact) mass is 464 g/mol. The third kappa shape index (κ3) is 5.36. The molecule has 8 nitrogen and oxygen atoms in total. The van der Waals surface area contributed by atoms with Gasteiger partial charge in [-0.25, -0.2) is 18.4 Å². The summed E-state index contributed by atoms with van der Waals surface area (Å²) < 4.78 is 29.0. The molecule has 0 aliphatic carbocycles. The van der Waals surface area contributed by atoms with Crippen LogP contribution in [0, 0.1) is 0 Å². The number of para-hydroxylation sites is 1. The third-order valence-corrected chi connectivity index (χ3v) is 8.66. The largest absolute Gasteiger partial charge is 0.379 e. The molecular formula is C21H28N4O4S2. The van der Waals surface area contributed by atoms with Crippen molar-refractivity contribution in [2.24, 2.45) is 0 Å². The van der Waals surface area contributed by atoms with Crippen molar-refractivity contribution in [1.29, 1.82) is 0 Å². The summed E-state index contributed by atoms with van der Waals surface area (Å²) in [5.41, 5.74) is 0.859. The third-order valence-electron chi connectivity index (χ3n) is 5.82. The number of aromatic nitrogens is 2. The fourth-order valence-corrected chi connectivity index (χ4v) is 6.81. The average Bonchev–Trinajstić information content (AvgIpc) is 3.13. The highest BCUT2D eigenvalue weighted by Crippen LogP contribution is 2.30. The Morgan fingerprint density at radius 1 is 1.29 bits per heavy atom. The molecule has 2 aliphatic rings. The second-order valence-corrected chi connectivity index (χ2v) is 11.7. The van der Waals surface area contributed by atoms with E-state index in [2.05, 4.69) is 4.90 Å². The van der Waals surface area contributed by atoms with Crippen LogP contribution in [0.25, 0.3) is 10.9 Å². The van der Waals surface area contributed by atoms with E-state index in [1.54, 1.807) is 11.9 Å². The van der Waals surface area contributed by atoms with Crippen LogP contribution in [0.5, 0.6) is 0 Å². The lowest BCUT2D eigenvalue weighted by molar-refractivity contribution is -0.130. The van der Waals surface area contributed by atoms with Gasteiger partial charge in [-0.15, -0.1) is 0 Å². The Morgan fingerprint density at radius 3 is 2.74 bits per heavy atom. The van der Waals surface area contributed by atoms with E-state index in [0.29, 0.717) is 26.2 Å². The number of sulfone groups is 1. The van der Waals surface area contributed by atoms with Gasteiger partial charge in [-0.1, -0.05) is 30.0 Å². The van der Waals surface area contributed by atoms with Crippen LogP contribution in [0.3, 0.4) is 0 Å². The van der Waals surface area contributed by atoms with Crippen molar-refractivity contribution in [3.05, 3.63) is 30.1 Å². The van der Waals surface area contributed by atoms with Crippen LogP contribution in [0.15, 0.2) is 29.3 Å². The first-order valence-corrected chi connectivity index (χ1v) is 13.2. The number of benzene rings is 1. The second kappa shape index (κ2) is 9.40. The Balaban J connectivity index is 1.52. The number of fused-ring (bicyclic) bond motifs is 1. The van der Waals surface area contributed by atoms with Crippen LogP contribution in [-0.4, -0.2) is 90.2 Å². The number of thioether (sulfide) groups is 1. The molecule has 2 aliphatic heterocycles. The van der Waals surface area contributed by atoms with E-state index in [9.17, 15) is 13.2 Å². The molecule has 2 unspecified atom stereocenters.